The van der Waals surface area contributed by atoms with Crippen LogP contribution in [0.25, 0.3) is 0 Å². The van der Waals surface area contributed by atoms with Crippen molar-refractivity contribution in [2.45, 2.75) is 33.3 Å². The van der Waals surface area contributed by atoms with Crippen LogP contribution < -0.4 is 9.47 Å². The fourth-order valence-electron chi connectivity index (χ4n) is 2.30. The molecule has 0 amide bonds. The second-order valence-corrected chi connectivity index (χ2v) is 6.12. The number of hydrogen-bond acceptors (Lipinski definition) is 3. The first-order valence-electron chi connectivity index (χ1n) is 8.23. The third-order valence-electron chi connectivity index (χ3n) is 3.62. The maximum absolute atomic E-state index is 11.3. The van der Waals surface area contributed by atoms with Gasteiger partial charge in [0.15, 0.2) is 0 Å². The number of carboxylic acid groups (broad SMARTS) is 1. The molecule has 2 rings (SSSR count). The number of aromatic carboxylic acids is 1. The Bertz CT molecular complexity index is 650. The molecule has 1 N–H and O–H groups in total. The van der Waals surface area contributed by atoms with E-state index in [1.807, 2.05) is 30.3 Å². The summed E-state index contributed by atoms with van der Waals surface area (Å²) in [5, 5.41) is 9.29. The molecule has 24 heavy (non-hydrogen) atoms. The lowest BCUT2D eigenvalue weighted by atomic mass is 10.1. The fraction of sp³-hybridized carbons (Fsp3) is 0.350. The van der Waals surface area contributed by atoms with Crippen molar-refractivity contribution in [2.24, 2.45) is 5.92 Å². The van der Waals surface area contributed by atoms with Gasteiger partial charge in [-0.25, -0.2) is 4.79 Å². The Morgan fingerprint density at radius 2 is 1.83 bits per heavy atom. The van der Waals surface area contributed by atoms with Crippen molar-refractivity contribution in [1.82, 2.24) is 0 Å². The molecule has 0 bridgehead atoms. The molecule has 128 valence electrons. The van der Waals surface area contributed by atoms with Crippen molar-refractivity contribution in [3.63, 3.8) is 0 Å². The molecule has 4 nitrogen and oxygen atoms in total. The molecule has 4 heteroatoms. The lowest BCUT2D eigenvalue weighted by Crippen LogP contribution is -2.06. The topological polar surface area (TPSA) is 55.8 Å². The lowest BCUT2D eigenvalue weighted by molar-refractivity contribution is 0.0692. The Kier molecular flexibility index (Phi) is 6.67. The molecule has 0 saturated heterocycles. The number of ether oxygens (including phenoxy) is 2. The molecule has 0 aliphatic rings. The van der Waals surface area contributed by atoms with Crippen LogP contribution in [-0.2, 0) is 6.61 Å². The molecule has 0 spiro atoms. The van der Waals surface area contributed by atoms with Gasteiger partial charge in [0.1, 0.15) is 23.7 Å². The van der Waals surface area contributed by atoms with Crippen LogP contribution in [0, 0.1) is 5.92 Å². The summed E-state index contributed by atoms with van der Waals surface area (Å²) in [5.74, 6) is 0.566. The standard InChI is InChI=1S/C20H24O4/c1-15(2)7-6-12-23-19-13-17(10-11-18(19)20(21)22)24-14-16-8-4-3-5-9-16/h3-5,8-11,13,15H,6-7,12,14H2,1-2H3,(H,21,22). The van der Waals surface area contributed by atoms with Crippen molar-refractivity contribution in [3.8, 4) is 11.5 Å². The van der Waals surface area contributed by atoms with E-state index in [1.54, 1.807) is 12.1 Å². The summed E-state index contributed by atoms with van der Waals surface area (Å²) in [5.41, 5.74) is 1.21. The number of carboxylic acids is 1. The first kappa shape index (κ1) is 17.9. The highest BCUT2D eigenvalue weighted by atomic mass is 16.5. The number of benzene rings is 2. The predicted octanol–water partition coefficient (Wildman–Crippen LogP) is 4.78. The molecule has 0 fully saturated rings. The van der Waals surface area contributed by atoms with E-state index < -0.39 is 5.97 Å². The molecule has 0 unspecified atom stereocenters. The minimum absolute atomic E-state index is 0.159. The SMILES string of the molecule is CC(C)CCCOc1cc(OCc2ccccc2)ccc1C(=O)O. The van der Waals surface area contributed by atoms with Crippen molar-refractivity contribution < 1.29 is 19.4 Å². The van der Waals surface area contributed by atoms with Crippen LogP contribution in [0.2, 0.25) is 0 Å². The van der Waals surface area contributed by atoms with Crippen molar-refractivity contribution in [1.29, 1.82) is 0 Å². The van der Waals surface area contributed by atoms with Crippen LogP contribution >= 0.6 is 0 Å². The third-order valence-corrected chi connectivity index (χ3v) is 3.62. The van der Waals surface area contributed by atoms with Crippen LogP contribution in [0.5, 0.6) is 11.5 Å². The van der Waals surface area contributed by atoms with Gasteiger partial charge in [-0.15, -0.1) is 0 Å². The quantitative estimate of drug-likeness (QED) is 0.673. The molecule has 0 aliphatic carbocycles. The summed E-state index contributed by atoms with van der Waals surface area (Å²) < 4.78 is 11.4. The molecule has 0 heterocycles. The van der Waals surface area contributed by atoms with Gasteiger partial charge in [-0.1, -0.05) is 44.2 Å². The van der Waals surface area contributed by atoms with Crippen molar-refractivity contribution in [2.75, 3.05) is 6.61 Å². The zero-order chi connectivity index (χ0) is 17.4. The van der Waals surface area contributed by atoms with E-state index >= 15 is 0 Å². The highest BCUT2D eigenvalue weighted by Crippen LogP contribution is 2.26. The van der Waals surface area contributed by atoms with Crippen molar-refractivity contribution >= 4 is 5.97 Å². The fourth-order valence-corrected chi connectivity index (χ4v) is 2.30. The van der Waals surface area contributed by atoms with Gasteiger partial charge >= 0.3 is 5.97 Å². The van der Waals surface area contributed by atoms with E-state index in [1.165, 1.54) is 6.07 Å². The van der Waals surface area contributed by atoms with Crippen LogP contribution in [0.4, 0.5) is 0 Å². The minimum atomic E-state index is -0.997. The molecule has 0 aromatic heterocycles. The number of rotatable bonds is 9. The smallest absolute Gasteiger partial charge is 0.339 e. The Hall–Kier alpha value is -2.49. The Morgan fingerprint density at radius 1 is 1.08 bits per heavy atom. The third kappa shape index (κ3) is 5.61. The van der Waals surface area contributed by atoms with E-state index in [0.29, 0.717) is 30.6 Å². The number of carbonyl (C=O) groups is 1. The summed E-state index contributed by atoms with van der Waals surface area (Å²) in [6.45, 7) is 5.24. The first-order chi connectivity index (χ1) is 11.6. The molecule has 0 aliphatic heterocycles. The van der Waals surface area contributed by atoms with Gasteiger partial charge in [0.25, 0.3) is 0 Å². The Labute approximate surface area is 143 Å². The predicted molar refractivity (Wildman–Crippen MR) is 93.7 cm³/mol. The summed E-state index contributed by atoms with van der Waals surface area (Å²) >= 11 is 0. The normalized spacial score (nSPS) is 10.6. The summed E-state index contributed by atoms with van der Waals surface area (Å²) in [6.07, 6.45) is 1.94. The van der Waals surface area contributed by atoms with E-state index in [4.69, 9.17) is 9.47 Å². The van der Waals surface area contributed by atoms with Gasteiger partial charge in [-0.3, -0.25) is 0 Å². The lowest BCUT2D eigenvalue weighted by Gasteiger charge is -2.13. The highest BCUT2D eigenvalue weighted by Gasteiger charge is 2.13. The largest absolute Gasteiger partial charge is 0.493 e. The maximum Gasteiger partial charge on any atom is 0.339 e. The zero-order valence-electron chi connectivity index (χ0n) is 14.2. The van der Waals surface area contributed by atoms with Crippen LogP contribution in [0.1, 0.15) is 42.6 Å². The Morgan fingerprint density at radius 3 is 2.50 bits per heavy atom. The Balaban J connectivity index is 2.01. The van der Waals surface area contributed by atoms with Gasteiger partial charge in [0.2, 0.25) is 0 Å². The molecule has 0 radical (unpaired) electrons. The van der Waals surface area contributed by atoms with Gasteiger partial charge < -0.3 is 14.6 Å². The van der Waals surface area contributed by atoms with Crippen LogP contribution in [0.15, 0.2) is 48.5 Å². The van der Waals surface area contributed by atoms with E-state index in [-0.39, 0.29) is 5.56 Å². The van der Waals surface area contributed by atoms with Gasteiger partial charge in [0, 0.05) is 6.07 Å². The molecule has 0 saturated carbocycles. The molecule has 2 aromatic rings. The van der Waals surface area contributed by atoms with Crippen molar-refractivity contribution in [3.05, 3.63) is 59.7 Å². The van der Waals surface area contributed by atoms with Crippen LogP contribution in [0.3, 0.4) is 0 Å². The monoisotopic (exact) mass is 328 g/mol. The van der Waals surface area contributed by atoms with E-state index in [2.05, 4.69) is 13.8 Å². The molecular formula is C20H24O4. The average molecular weight is 328 g/mol. The molecule has 2 aromatic carbocycles. The molecular weight excluding hydrogens is 304 g/mol. The molecule has 0 atom stereocenters. The first-order valence-corrected chi connectivity index (χ1v) is 8.23. The van der Waals surface area contributed by atoms with E-state index in [9.17, 15) is 9.90 Å². The highest BCUT2D eigenvalue weighted by molar-refractivity contribution is 5.91. The zero-order valence-corrected chi connectivity index (χ0v) is 14.2. The summed E-state index contributed by atoms with van der Waals surface area (Å²) in [7, 11) is 0. The van der Waals surface area contributed by atoms with Gasteiger partial charge in [0.05, 0.1) is 6.61 Å². The number of hydrogen-bond donors (Lipinski definition) is 1. The second kappa shape index (κ2) is 8.96. The van der Waals surface area contributed by atoms with Crippen LogP contribution in [-0.4, -0.2) is 17.7 Å². The average Bonchev–Trinajstić information content (AvgIpc) is 2.57. The second-order valence-electron chi connectivity index (χ2n) is 6.12. The van der Waals surface area contributed by atoms with E-state index in [0.717, 1.165) is 18.4 Å². The van der Waals surface area contributed by atoms with Gasteiger partial charge in [-0.2, -0.15) is 0 Å². The van der Waals surface area contributed by atoms with Gasteiger partial charge in [-0.05, 0) is 36.5 Å². The maximum atomic E-state index is 11.3. The summed E-state index contributed by atoms with van der Waals surface area (Å²) in [4.78, 5) is 11.3. The minimum Gasteiger partial charge on any atom is -0.493 e. The summed E-state index contributed by atoms with van der Waals surface area (Å²) in [6, 6.07) is 14.7.